The number of aromatic amines is 2. The number of pyridine rings is 2. The molecule has 0 radical (unpaired) electrons. The van der Waals surface area contributed by atoms with Gasteiger partial charge in [0.25, 0.3) is 0 Å². The highest BCUT2D eigenvalue weighted by Gasteiger charge is 2.19. The molecule has 0 amide bonds. The van der Waals surface area contributed by atoms with Crippen molar-refractivity contribution in [1.29, 1.82) is 0 Å². The molecule has 2 fully saturated rings. The predicted octanol–water partition coefficient (Wildman–Crippen LogP) is 7.77. The normalized spacial score (nSPS) is 18.0. The van der Waals surface area contributed by atoms with Crippen LogP contribution >= 0.6 is 0 Å². The van der Waals surface area contributed by atoms with Gasteiger partial charge < -0.3 is 9.97 Å². The van der Waals surface area contributed by atoms with Crippen LogP contribution in [0.15, 0.2) is 58.1 Å². The molecule has 5 aromatic rings. The standard InChI is InChI=1S/C32H32N2O2/c35-31-23-15-21(19-7-3-1-4-8-19)11-13-27(23)33-29-18-26-30(17-25(29)31)34-28-14-12-22(16-24(28)32(26)36)20-9-5-2-6-10-20/h11-20H,1-10H2,(H,33,35)(H,34,36). The van der Waals surface area contributed by atoms with Gasteiger partial charge in [-0.3, -0.25) is 9.59 Å². The zero-order valence-corrected chi connectivity index (χ0v) is 20.7. The molecule has 2 heterocycles. The third kappa shape index (κ3) is 3.57. The highest BCUT2D eigenvalue weighted by Crippen LogP contribution is 2.35. The Morgan fingerprint density at radius 2 is 0.861 bits per heavy atom. The van der Waals surface area contributed by atoms with Crippen molar-refractivity contribution in [3.63, 3.8) is 0 Å². The minimum atomic E-state index is 0.0342. The first kappa shape index (κ1) is 21.8. The predicted molar refractivity (Wildman–Crippen MR) is 149 cm³/mol. The molecule has 2 aliphatic carbocycles. The third-order valence-electron chi connectivity index (χ3n) is 8.92. The van der Waals surface area contributed by atoms with Crippen molar-refractivity contribution in [2.45, 2.75) is 76.0 Å². The van der Waals surface area contributed by atoms with Crippen LogP contribution in [0.25, 0.3) is 43.6 Å². The molecule has 0 spiro atoms. The Morgan fingerprint density at radius 1 is 0.472 bits per heavy atom. The molecular weight excluding hydrogens is 444 g/mol. The zero-order valence-electron chi connectivity index (χ0n) is 20.7. The lowest BCUT2D eigenvalue weighted by Gasteiger charge is -2.22. The SMILES string of the molecule is O=c1c2cc(C3CCCCC3)ccc2[nH]c2cc3c(=O)c4cc(C5CCCCC5)ccc4[nH]c3cc12. The third-order valence-corrected chi connectivity index (χ3v) is 8.92. The summed E-state index contributed by atoms with van der Waals surface area (Å²) in [5, 5.41) is 2.74. The Kier molecular flexibility index (Phi) is 5.23. The molecule has 4 heteroatoms. The first-order chi connectivity index (χ1) is 17.7. The Balaban J connectivity index is 1.39. The highest BCUT2D eigenvalue weighted by molar-refractivity contribution is 6.02. The van der Waals surface area contributed by atoms with Gasteiger partial charge in [-0.15, -0.1) is 0 Å². The van der Waals surface area contributed by atoms with E-state index >= 15 is 0 Å². The summed E-state index contributed by atoms with van der Waals surface area (Å²) in [6.07, 6.45) is 12.5. The number of rotatable bonds is 2. The van der Waals surface area contributed by atoms with Crippen LogP contribution in [0.3, 0.4) is 0 Å². The maximum absolute atomic E-state index is 13.6. The van der Waals surface area contributed by atoms with E-state index in [1.54, 1.807) is 0 Å². The minimum absolute atomic E-state index is 0.0342. The van der Waals surface area contributed by atoms with Crippen molar-refractivity contribution >= 4 is 43.6 Å². The second-order valence-electron chi connectivity index (χ2n) is 11.1. The fourth-order valence-corrected chi connectivity index (χ4v) is 6.86. The summed E-state index contributed by atoms with van der Waals surface area (Å²) >= 11 is 0. The smallest absolute Gasteiger partial charge is 0.197 e. The molecule has 3 aromatic carbocycles. The van der Waals surface area contributed by atoms with Crippen molar-refractivity contribution < 1.29 is 0 Å². The summed E-state index contributed by atoms with van der Waals surface area (Å²) in [6.45, 7) is 0. The van der Waals surface area contributed by atoms with Crippen molar-refractivity contribution in [3.8, 4) is 0 Å². The maximum Gasteiger partial charge on any atom is 0.197 e. The summed E-state index contributed by atoms with van der Waals surface area (Å²) in [5.74, 6) is 1.10. The quantitative estimate of drug-likeness (QED) is 0.256. The Bertz CT molecular complexity index is 1620. The summed E-state index contributed by atoms with van der Waals surface area (Å²) < 4.78 is 0. The molecule has 2 aromatic heterocycles. The number of fused-ring (bicyclic) bond motifs is 4. The van der Waals surface area contributed by atoms with Crippen molar-refractivity contribution in [2.24, 2.45) is 0 Å². The van der Waals surface area contributed by atoms with Gasteiger partial charge in [0.1, 0.15) is 0 Å². The molecule has 0 atom stereocenters. The molecule has 2 N–H and O–H groups in total. The number of aromatic nitrogens is 2. The molecule has 0 aliphatic heterocycles. The topological polar surface area (TPSA) is 65.7 Å². The van der Waals surface area contributed by atoms with Gasteiger partial charge in [0.2, 0.25) is 0 Å². The summed E-state index contributed by atoms with van der Waals surface area (Å²) in [6, 6.07) is 16.4. The largest absolute Gasteiger partial charge is 0.354 e. The van der Waals surface area contributed by atoms with Crippen LogP contribution in [0.4, 0.5) is 0 Å². The van der Waals surface area contributed by atoms with Crippen molar-refractivity contribution in [2.75, 3.05) is 0 Å². The van der Waals surface area contributed by atoms with E-state index in [-0.39, 0.29) is 10.9 Å². The molecule has 182 valence electrons. The van der Waals surface area contributed by atoms with Gasteiger partial charge in [0, 0.05) is 32.6 Å². The lowest BCUT2D eigenvalue weighted by Crippen LogP contribution is -2.10. The summed E-state index contributed by atoms with van der Waals surface area (Å²) in [5.41, 5.74) is 5.74. The molecule has 4 nitrogen and oxygen atoms in total. The fraction of sp³-hybridized carbons (Fsp3) is 0.375. The lowest BCUT2D eigenvalue weighted by atomic mass is 9.83. The van der Waals surface area contributed by atoms with E-state index in [4.69, 9.17) is 0 Å². The first-order valence-electron chi connectivity index (χ1n) is 13.7. The van der Waals surface area contributed by atoms with Gasteiger partial charge >= 0.3 is 0 Å². The molecule has 0 saturated heterocycles. The van der Waals surface area contributed by atoms with Crippen molar-refractivity contribution in [3.05, 3.63) is 80.1 Å². The van der Waals surface area contributed by atoms with Crippen LogP contribution in [0.5, 0.6) is 0 Å². The van der Waals surface area contributed by atoms with E-state index in [1.807, 2.05) is 24.3 Å². The van der Waals surface area contributed by atoms with Crippen LogP contribution in [0.1, 0.15) is 87.2 Å². The van der Waals surface area contributed by atoms with Crippen LogP contribution in [-0.4, -0.2) is 9.97 Å². The van der Waals surface area contributed by atoms with Crippen LogP contribution in [-0.2, 0) is 0 Å². The minimum Gasteiger partial charge on any atom is -0.354 e. The number of H-pyrrole nitrogens is 2. The fourth-order valence-electron chi connectivity index (χ4n) is 6.86. The number of hydrogen-bond acceptors (Lipinski definition) is 2. The molecular formula is C32H32N2O2. The van der Waals surface area contributed by atoms with E-state index in [9.17, 15) is 9.59 Å². The summed E-state index contributed by atoms with van der Waals surface area (Å²) in [7, 11) is 0. The summed E-state index contributed by atoms with van der Waals surface area (Å²) in [4.78, 5) is 34.2. The number of hydrogen-bond donors (Lipinski definition) is 2. The van der Waals surface area contributed by atoms with Crippen LogP contribution in [0.2, 0.25) is 0 Å². The van der Waals surface area contributed by atoms with E-state index in [0.29, 0.717) is 22.6 Å². The second-order valence-corrected chi connectivity index (χ2v) is 11.1. The van der Waals surface area contributed by atoms with E-state index in [0.717, 1.165) is 32.8 Å². The van der Waals surface area contributed by atoms with Gasteiger partial charge in [-0.25, -0.2) is 0 Å². The van der Waals surface area contributed by atoms with E-state index in [1.165, 1.54) is 75.3 Å². The number of nitrogens with one attached hydrogen (secondary N) is 2. The van der Waals surface area contributed by atoms with Gasteiger partial charge in [-0.1, -0.05) is 50.7 Å². The number of benzene rings is 3. The molecule has 36 heavy (non-hydrogen) atoms. The van der Waals surface area contributed by atoms with Crippen molar-refractivity contribution in [1.82, 2.24) is 9.97 Å². The first-order valence-corrected chi connectivity index (χ1v) is 13.7. The molecule has 0 unspecified atom stereocenters. The monoisotopic (exact) mass is 476 g/mol. The van der Waals surface area contributed by atoms with E-state index < -0.39 is 0 Å². The second kappa shape index (κ2) is 8.62. The lowest BCUT2D eigenvalue weighted by molar-refractivity contribution is 0.444. The van der Waals surface area contributed by atoms with Gasteiger partial charge in [0.15, 0.2) is 10.9 Å². The highest BCUT2D eigenvalue weighted by atomic mass is 16.1. The molecule has 7 rings (SSSR count). The van der Waals surface area contributed by atoms with Crippen LogP contribution in [0, 0.1) is 0 Å². The van der Waals surface area contributed by atoms with Gasteiger partial charge in [-0.05, 0) is 85.0 Å². The average molecular weight is 477 g/mol. The maximum atomic E-state index is 13.6. The Labute approximate surface area is 209 Å². The van der Waals surface area contributed by atoms with Gasteiger partial charge in [0.05, 0.1) is 11.0 Å². The molecule has 0 bridgehead atoms. The zero-order chi connectivity index (χ0) is 24.2. The molecule has 2 saturated carbocycles. The van der Waals surface area contributed by atoms with Crippen LogP contribution < -0.4 is 10.9 Å². The average Bonchev–Trinajstić information content (AvgIpc) is 2.93. The Hall–Kier alpha value is -3.40. The van der Waals surface area contributed by atoms with E-state index in [2.05, 4.69) is 34.2 Å². The Morgan fingerprint density at radius 3 is 1.28 bits per heavy atom. The van der Waals surface area contributed by atoms with Gasteiger partial charge in [-0.2, -0.15) is 0 Å². The molecule has 2 aliphatic rings.